The molecule has 0 aliphatic heterocycles. The van der Waals surface area contributed by atoms with Gasteiger partial charge in [-0.05, 0) is 29.8 Å². The van der Waals surface area contributed by atoms with Crippen molar-refractivity contribution in [1.29, 1.82) is 0 Å². The fraction of sp³-hybridized carbons (Fsp3) is 0.143. The molecule has 156 valence electrons. The number of alkyl halides is 1. The van der Waals surface area contributed by atoms with Crippen LogP contribution < -0.4 is 5.32 Å². The second-order valence-electron chi connectivity index (χ2n) is 6.30. The Bertz CT molecular complexity index is 1070. The van der Waals surface area contributed by atoms with Crippen molar-refractivity contribution in [3.8, 4) is 11.1 Å². The van der Waals surface area contributed by atoms with Crippen LogP contribution in [0.25, 0.3) is 11.1 Å². The van der Waals surface area contributed by atoms with Crippen LogP contribution >= 0.6 is 34.5 Å². The average molecular weight is 470 g/mol. The van der Waals surface area contributed by atoms with E-state index in [1.807, 2.05) is 0 Å². The minimum Gasteiger partial charge on any atom is -0.388 e. The molecular formula is C21H15Cl2F2NO3S. The molecule has 0 spiro atoms. The van der Waals surface area contributed by atoms with Gasteiger partial charge in [-0.3, -0.25) is 9.59 Å². The van der Waals surface area contributed by atoms with Crippen LogP contribution in [0, 0.1) is 5.82 Å². The van der Waals surface area contributed by atoms with Gasteiger partial charge in [0.05, 0.1) is 5.56 Å². The van der Waals surface area contributed by atoms with Gasteiger partial charge in [-0.2, -0.15) is 0 Å². The lowest BCUT2D eigenvalue weighted by Crippen LogP contribution is -2.27. The number of nitrogens with one attached hydrogen (secondary N) is 1. The Morgan fingerprint density at radius 1 is 1.13 bits per heavy atom. The summed E-state index contributed by atoms with van der Waals surface area (Å²) in [4.78, 5) is 24.7. The number of amides is 1. The van der Waals surface area contributed by atoms with Crippen LogP contribution in [-0.2, 0) is 11.2 Å². The van der Waals surface area contributed by atoms with Crippen LogP contribution in [0.2, 0.25) is 10.0 Å². The number of anilines is 1. The fourth-order valence-electron chi connectivity index (χ4n) is 2.84. The molecular weight excluding hydrogens is 455 g/mol. The van der Waals surface area contributed by atoms with Crippen LogP contribution in [0.1, 0.15) is 15.9 Å². The predicted octanol–water partition coefficient (Wildman–Crippen LogP) is 5.56. The molecule has 0 fully saturated rings. The molecule has 0 radical (unpaired) electrons. The summed E-state index contributed by atoms with van der Waals surface area (Å²) in [5.41, 5.74) is 1.07. The van der Waals surface area contributed by atoms with E-state index in [0.29, 0.717) is 16.1 Å². The maximum Gasteiger partial charge on any atom is 0.259 e. The number of aliphatic hydroxyl groups is 1. The third-order valence-electron chi connectivity index (χ3n) is 4.33. The van der Waals surface area contributed by atoms with Gasteiger partial charge < -0.3 is 10.4 Å². The summed E-state index contributed by atoms with van der Waals surface area (Å²) < 4.78 is 28.4. The molecule has 2 aromatic carbocycles. The number of aliphatic hydroxyl groups excluding tert-OH is 1. The predicted molar refractivity (Wildman–Crippen MR) is 115 cm³/mol. The number of halogens is 4. The van der Waals surface area contributed by atoms with E-state index in [-0.39, 0.29) is 21.2 Å². The van der Waals surface area contributed by atoms with E-state index < -0.39 is 36.7 Å². The van der Waals surface area contributed by atoms with Gasteiger partial charge in [0.25, 0.3) is 5.91 Å². The van der Waals surface area contributed by atoms with Crippen LogP contribution in [-0.4, -0.2) is 29.6 Å². The Morgan fingerprint density at radius 2 is 1.83 bits per heavy atom. The standard InChI is InChI=1S/C21H15Cl2F2NO3S/c22-12-6-4-11(5-7-12)14-10-30-21(19(14)18(28)9-27)26-20(29)17(25)8-13-15(23)2-1-3-16(13)24/h1-7,10,17,27H,8-9H2,(H,26,29). The molecule has 3 aromatic rings. The normalized spacial score (nSPS) is 11.9. The van der Waals surface area contributed by atoms with Crippen LogP contribution in [0.5, 0.6) is 0 Å². The van der Waals surface area contributed by atoms with Gasteiger partial charge in [-0.1, -0.05) is 41.4 Å². The Hall–Kier alpha value is -2.32. The summed E-state index contributed by atoms with van der Waals surface area (Å²) in [5, 5.41) is 13.9. The van der Waals surface area contributed by atoms with Gasteiger partial charge in [-0.15, -0.1) is 11.3 Å². The van der Waals surface area contributed by atoms with E-state index >= 15 is 0 Å². The summed E-state index contributed by atoms with van der Waals surface area (Å²) in [6, 6.07) is 10.5. The Labute approximate surface area is 185 Å². The summed E-state index contributed by atoms with van der Waals surface area (Å²) in [6.07, 6.45) is -2.66. The summed E-state index contributed by atoms with van der Waals surface area (Å²) in [6.45, 7) is -0.788. The summed E-state index contributed by atoms with van der Waals surface area (Å²) in [7, 11) is 0. The van der Waals surface area contributed by atoms with Crippen molar-refractivity contribution in [3.05, 3.63) is 74.8 Å². The molecule has 0 bridgehead atoms. The molecule has 1 unspecified atom stereocenters. The lowest BCUT2D eigenvalue weighted by atomic mass is 10.0. The van der Waals surface area contributed by atoms with E-state index in [4.69, 9.17) is 23.2 Å². The number of carbonyl (C=O) groups excluding carboxylic acids is 2. The minimum absolute atomic E-state index is 0.0164. The van der Waals surface area contributed by atoms with E-state index in [2.05, 4.69) is 5.32 Å². The molecule has 3 rings (SSSR count). The van der Waals surface area contributed by atoms with Crippen LogP contribution in [0.15, 0.2) is 47.8 Å². The van der Waals surface area contributed by atoms with Crippen LogP contribution in [0.4, 0.5) is 13.8 Å². The second-order valence-corrected chi connectivity index (χ2v) is 8.03. The highest BCUT2D eigenvalue weighted by Crippen LogP contribution is 2.36. The molecule has 1 amide bonds. The number of carbonyl (C=O) groups is 2. The quantitative estimate of drug-likeness (QED) is 0.445. The second kappa shape index (κ2) is 9.66. The third kappa shape index (κ3) is 4.87. The average Bonchev–Trinajstić information content (AvgIpc) is 3.14. The van der Waals surface area contributed by atoms with Gasteiger partial charge in [-0.25, -0.2) is 8.78 Å². The Morgan fingerprint density at radius 3 is 2.47 bits per heavy atom. The van der Waals surface area contributed by atoms with Gasteiger partial charge in [0.2, 0.25) is 0 Å². The number of thiophene rings is 1. The lowest BCUT2D eigenvalue weighted by molar-refractivity contribution is -0.120. The highest BCUT2D eigenvalue weighted by Gasteiger charge is 2.25. The first kappa shape index (κ1) is 22.4. The number of benzene rings is 2. The monoisotopic (exact) mass is 469 g/mol. The molecule has 0 aliphatic carbocycles. The van der Waals surface area contributed by atoms with Crippen molar-refractivity contribution >= 4 is 51.2 Å². The first-order chi connectivity index (χ1) is 14.3. The number of Topliss-reactive ketones (excluding diaryl/α,β-unsaturated/α-hetero) is 1. The topological polar surface area (TPSA) is 66.4 Å². The lowest BCUT2D eigenvalue weighted by Gasteiger charge is -2.12. The van der Waals surface area contributed by atoms with E-state index in [1.54, 1.807) is 29.6 Å². The van der Waals surface area contributed by atoms with Crippen molar-refractivity contribution < 1.29 is 23.5 Å². The molecule has 9 heteroatoms. The zero-order valence-electron chi connectivity index (χ0n) is 15.3. The minimum atomic E-state index is -2.10. The first-order valence-corrected chi connectivity index (χ1v) is 10.3. The molecule has 0 aliphatic rings. The molecule has 1 heterocycles. The van der Waals surface area contributed by atoms with Crippen molar-refractivity contribution in [2.45, 2.75) is 12.6 Å². The summed E-state index contributed by atoms with van der Waals surface area (Å²) >= 11 is 12.8. The Balaban J connectivity index is 1.86. The first-order valence-electron chi connectivity index (χ1n) is 8.71. The maximum atomic E-state index is 14.5. The highest BCUT2D eigenvalue weighted by molar-refractivity contribution is 7.15. The number of rotatable bonds is 7. The van der Waals surface area contributed by atoms with Gasteiger partial charge in [0, 0.05) is 33.0 Å². The number of hydrogen-bond acceptors (Lipinski definition) is 4. The molecule has 2 N–H and O–H groups in total. The summed E-state index contributed by atoms with van der Waals surface area (Å²) in [5.74, 6) is -2.40. The Kier molecular flexibility index (Phi) is 7.20. The molecule has 1 atom stereocenters. The van der Waals surface area contributed by atoms with E-state index in [1.165, 1.54) is 12.1 Å². The van der Waals surface area contributed by atoms with E-state index in [0.717, 1.165) is 17.4 Å². The SMILES string of the molecule is O=C(CO)c1c(-c2ccc(Cl)cc2)csc1NC(=O)C(F)Cc1c(F)cccc1Cl. The largest absolute Gasteiger partial charge is 0.388 e. The van der Waals surface area contributed by atoms with Gasteiger partial charge >= 0.3 is 0 Å². The third-order valence-corrected chi connectivity index (χ3v) is 5.84. The highest BCUT2D eigenvalue weighted by atomic mass is 35.5. The molecule has 4 nitrogen and oxygen atoms in total. The van der Waals surface area contributed by atoms with Crippen molar-refractivity contribution in [2.24, 2.45) is 0 Å². The van der Waals surface area contributed by atoms with Crippen molar-refractivity contribution in [2.75, 3.05) is 11.9 Å². The molecule has 1 aromatic heterocycles. The van der Waals surface area contributed by atoms with Crippen molar-refractivity contribution in [1.82, 2.24) is 0 Å². The number of ketones is 1. The van der Waals surface area contributed by atoms with E-state index in [9.17, 15) is 23.5 Å². The molecule has 0 saturated carbocycles. The van der Waals surface area contributed by atoms with Gasteiger partial charge in [0.15, 0.2) is 12.0 Å². The van der Waals surface area contributed by atoms with Crippen molar-refractivity contribution in [3.63, 3.8) is 0 Å². The zero-order valence-corrected chi connectivity index (χ0v) is 17.6. The number of hydrogen-bond donors (Lipinski definition) is 2. The smallest absolute Gasteiger partial charge is 0.259 e. The molecule has 30 heavy (non-hydrogen) atoms. The molecule has 0 saturated heterocycles. The zero-order chi connectivity index (χ0) is 21.8. The van der Waals surface area contributed by atoms with Crippen LogP contribution in [0.3, 0.4) is 0 Å². The fourth-order valence-corrected chi connectivity index (χ4v) is 4.19. The van der Waals surface area contributed by atoms with Gasteiger partial charge in [0.1, 0.15) is 17.4 Å². The maximum absolute atomic E-state index is 14.5.